The molecule has 0 amide bonds. The summed E-state index contributed by atoms with van der Waals surface area (Å²) in [7, 11) is 0. The minimum atomic E-state index is 0.0270. The Kier molecular flexibility index (Phi) is 9.84. The summed E-state index contributed by atoms with van der Waals surface area (Å²) < 4.78 is 5.45. The van der Waals surface area contributed by atoms with Gasteiger partial charge in [-0.1, -0.05) is 64.7 Å². The molecule has 0 aromatic heterocycles. The maximum atomic E-state index is 11.6. The third-order valence-corrected chi connectivity index (χ3v) is 4.19. The highest BCUT2D eigenvalue weighted by molar-refractivity contribution is 5.69. The number of carbonyl (C=O) groups is 1. The maximum Gasteiger partial charge on any atom is 0.305 e. The van der Waals surface area contributed by atoms with E-state index in [0.29, 0.717) is 18.9 Å². The first-order valence-corrected chi connectivity index (χ1v) is 8.48. The number of cyclic esters (lactones) is 1. The van der Waals surface area contributed by atoms with Crippen LogP contribution in [-0.2, 0) is 9.53 Å². The normalized spacial score (nSPS) is 23.2. The Labute approximate surface area is 119 Å². The van der Waals surface area contributed by atoms with Crippen molar-refractivity contribution < 1.29 is 9.53 Å². The predicted octanol–water partition coefficient (Wildman–Crippen LogP) is 5.25. The fraction of sp³-hybridized carbons (Fsp3) is 0.941. The average molecular weight is 268 g/mol. The summed E-state index contributed by atoms with van der Waals surface area (Å²) in [6.07, 6.45) is 15.9. The Balaban J connectivity index is 2.26. The van der Waals surface area contributed by atoms with Crippen LogP contribution in [0.2, 0.25) is 0 Å². The van der Waals surface area contributed by atoms with Gasteiger partial charge in [0.05, 0.1) is 6.61 Å². The summed E-state index contributed by atoms with van der Waals surface area (Å²) >= 11 is 0. The lowest BCUT2D eigenvalue weighted by molar-refractivity contribution is -0.145. The summed E-state index contributed by atoms with van der Waals surface area (Å²) in [4.78, 5) is 11.6. The van der Waals surface area contributed by atoms with Crippen LogP contribution in [0, 0.1) is 5.92 Å². The zero-order valence-corrected chi connectivity index (χ0v) is 12.8. The molecular formula is C17H32O2. The van der Waals surface area contributed by atoms with Crippen molar-refractivity contribution in [3.63, 3.8) is 0 Å². The monoisotopic (exact) mass is 268 g/mol. The lowest BCUT2D eigenvalue weighted by Gasteiger charge is -2.18. The van der Waals surface area contributed by atoms with E-state index in [2.05, 4.69) is 6.92 Å². The summed E-state index contributed by atoms with van der Waals surface area (Å²) in [6.45, 7) is 2.92. The molecule has 112 valence electrons. The minimum Gasteiger partial charge on any atom is -0.465 e. The van der Waals surface area contributed by atoms with E-state index in [1.807, 2.05) is 0 Å². The second-order valence-corrected chi connectivity index (χ2v) is 6.06. The van der Waals surface area contributed by atoms with Crippen molar-refractivity contribution in [2.24, 2.45) is 5.92 Å². The number of hydrogen-bond acceptors (Lipinski definition) is 2. The van der Waals surface area contributed by atoms with E-state index in [4.69, 9.17) is 4.74 Å². The molecule has 1 heterocycles. The lowest BCUT2D eigenvalue weighted by atomic mass is 9.94. The highest BCUT2D eigenvalue weighted by Gasteiger charge is 2.12. The predicted molar refractivity (Wildman–Crippen MR) is 80.1 cm³/mol. The quantitative estimate of drug-likeness (QED) is 0.503. The fourth-order valence-electron chi connectivity index (χ4n) is 2.86. The molecule has 0 saturated carbocycles. The van der Waals surface area contributed by atoms with E-state index in [1.54, 1.807) is 0 Å². The molecule has 0 bridgehead atoms. The van der Waals surface area contributed by atoms with Crippen LogP contribution in [0.15, 0.2) is 0 Å². The molecule has 0 aromatic rings. The molecule has 2 nitrogen and oxygen atoms in total. The Bertz CT molecular complexity index is 223. The number of unbranched alkanes of at least 4 members (excludes halogenated alkanes) is 3. The maximum absolute atomic E-state index is 11.6. The Morgan fingerprint density at radius 3 is 2.53 bits per heavy atom. The van der Waals surface area contributed by atoms with Crippen molar-refractivity contribution in [3.8, 4) is 0 Å². The number of hydrogen-bond donors (Lipinski definition) is 0. The third-order valence-electron chi connectivity index (χ3n) is 4.19. The Morgan fingerprint density at radius 2 is 1.74 bits per heavy atom. The van der Waals surface area contributed by atoms with Gasteiger partial charge in [-0.05, 0) is 25.2 Å². The smallest absolute Gasteiger partial charge is 0.305 e. The van der Waals surface area contributed by atoms with Gasteiger partial charge in [-0.2, -0.15) is 0 Å². The lowest BCUT2D eigenvalue weighted by Crippen LogP contribution is -2.15. The minimum absolute atomic E-state index is 0.0270. The van der Waals surface area contributed by atoms with Gasteiger partial charge in [0.25, 0.3) is 0 Å². The van der Waals surface area contributed by atoms with Crippen molar-refractivity contribution >= 4 is 5.97 Å². The molecule has 1 atom stereocenters. The van der Waals surface area contributed by atoms with E-state index in [0.717, 1.165) is 6.42 Å². The van der Waals surface area contributed by atoms with Crippen molar-refractivity contribution in [2.75, 3.05) is 6.61 Å². The van der Waals surface area contributed by atoms with Gasteiger partial charge in [0.15, 0.2) is 0 Å². The molecule has 19 heavy (non-hydrogen) atoms. The van der Waals surface area contributed by atoms with Crippen molar-refractivity contribution in [1.82, 2.24) is 0 Å². The largest absolute Gasteiger partial charge is 0.465 e. The second-order valence-electron chi connectivity index (χ2n) is 6.06. The number of ether oxygens (including phenoxy) is 1. The van der Waals surface area contributed by atoms with E-state index in [1.165, 1.54) is 70.6 Å². The van der Waals surface area contributed by atoms with Gasteiger partial charge < -0.3 is 4.74 Å². The molecule has 0 N–H and O–H groups in total. The van der Waals surface area contributed by atoms with Crippen LogP contribution < -0.4 is 0 Å². The van der Waals surface area contributed by atoms with Crippen molar-refractivity contribution in [2.45, 2.75) is 90.4 Å². The Hall–Kier alpha value is -0.530. The summed E-state index contributed by atoms with van der Waals surface area (Å²) in [6, 6.07) is 0. The molecular weight excluding hydrogens is 236 g/mol. The first-order chi connectivity index (χ1) is 9.33. The molecule has 0 spiro atoms. The van der Waals surface area contributed by atoms with E-state index < -0.39 is 0 Å². The van der Waals surface area contributed by atoms with E-state index >= 15 is 0 Å². The first kappa shape index (κ1) is 16.5. The average Bonchev–Trinajstić information content (AvgIpc) is 2.41. The van der Waals surface area contributed by atoms with Gasteiger partial charge in [-0.3, -0.25) is 4.79 Å². The molecule has 0 aliphatic carbocycles. The van der Waals surface area contributed by atoms with Crippen LogP contribution >= 0.6 is 0 Å². The van der Waals surface area contributed by atoms with Gasteiger partial charge in [0.2, 0.25) is 0 Å². The molecule has 1 unspecified atom stereocenters. The second kappa shape index (κ2) is 11.3. The zero-order valence-electron chi connectivity index (χ0n) is 12.8. The van der Waals surface area contributed by atoms with Crippen LogP contribution in [0.3, 0.4) is 0 Å². The van der Waals surface area contributed by atoms with Gasteiger partial charge in [0, 0.05) is 6.42 Å². The van der Waals surface area contributed by atoms with Crippen LogP contribution in [-0.4, -0.2) is 12.6 Å². The van der Waals surface area contributed by atoms with E-state index in [-0.39, 0.29) is 5.97 Å². The molecule has 1 fully saturated rings. The first-order valence-electron chi connectivity index (χ1n) is 8.48. The number of carbonyl (C=O) groups excluding carboxylic acids is 1. The van der Waals surface area contributed by atoms with E-state index in [9.17, 15) is 4.79 Å². The summed E-state index contributed by atoms with van der Waals surface area (Å²) in [5.74, 6) is 0.638. The van der Waals surface area contributed by atoms with Crippen molar-refractivity contribution in [1.29, 1.82) is 0 Å². The zero-order chi connectivity index (χ0) is 13.8. The van der Waals surface area contributed by atoms with Crippen LogP contribution in [0.1, 0.15) is 90.4 Å². The Morgan fingerprint density at radius 1 is 1.00 bits per heavy atom. The molecule has 0 radical (unpaired) electrons. The van der Waals surface area contributed by atoms with Gasteiger partial charge in [-0.25, -0.2) is 0 Å². The SMILES string of the molecule is CCCCCCC1CCCCCCCCC(=O)OC1. The highest BCUT2D eigenvalue weighted by atomic mass is 16.5. The molecule has 2 heteroatoms. The van der Waals surface area contributed by atoms with Crippen LogP contribution in [0.4, 0.5) is 0 Å². The van der Waals surface area contributed by atoms with Crippen molar-refractivity contribution in [3.05, 3.63) is 0 Å². The fourth-order valence-corrected chi connectivity index (χ4v) is 2.86. The van der Waals surface area contributed by atoms with Gasteiger partial charge >= 0.3 is 5.97 Å². The molecule has 1 aliphatic heterocycles. The molecule has 1 rings (SSSR count). The number of esters is 1. The molecule has 1 aliphatic rings. The van der Waals surface area contributed by atoms with Gasteiger partial charge in [-0.15, -0.1) is 0 Å². The van der Waals surface area contributed by atoms with Crippen LogP contribution in [0.25, 0.3) is 0 Å². The topological polar surface area (TPSA) is 26.3 Å². The highest BCUT2D eigenvalue weighted by Crippen LogP contribution is 2.20. The summed E-state index contributed by atoms with van der Waals surface area (Å²) in [5.41, 5.74) is 0. The number of rotatable bonds is 5. The summed E-state index contributed by atoms with van der Waals surface area (Å²) in [5, 5.41) is 0. The van der Waals surface area contributed by atoms with Gasteiger partial charge in [0.1, 0.15) is 0 Å². The third kappa shape index (κ3) is 9.07. The standard InChI is InChI=1S/C17H32O2/c1-2-3-4-9-12-16-13-10-7-5-6-8-11-14-17(18)19-15-16/h16H,2-15H2,1H3. The molecule has 1 saturated heterocycles. The van der Waals surface area contributed by atoms with Crippen LogP contribution in [0.5, 0.6) is 0 Å². The molecule has 0 aromatic carbocycles.